The summed E-state index contributed by atoms with van der Waals surface area (Å²) in [6, 6.07) is 7.01. The molecule has 31 heavy (non-hydrogen) atoms. The number of carbonyl (C=O) groups excluding carboxylic acids is 1. The Morgan fingerprint density at radius 3 is 2.74 bits per heavy atom. The SMILES string of the molecule is Cc1nn(C)c2cnc(CN([C@@H]3CCCCNC3=O)S(=O)(=O)c3ccc(Cl)cc3)cc12. The minimum Gasteiger partial charge on any atom is -0.355 e. The molecule has 8 nitrogen and oxygen atoms in total. The predicted molar refractivity (Wildman–Crippen MR) is 118 cm³/mol. The molecule has 1 aliphatic heterocycles. The Hall–Kier alpha value is -2.49. The molecular weight excluding hydrogens is 438 g/mol. The predicted octanol–water partition coefficient (Wildman–Crippen LogP) is 2.79. The summed E-state index contributed by atoms with van der Waals surface area (Å²) in [6.45, 7) is 2.42. The number of aryl methyl sites for hydroxylation is 2. The number of sulfonamides is 1. The van der Waals surface area contributed by atoms with E-state index in [0.29, 0.717) is 23.7 Å². The topological polar surface area (TPSA) is 97.2 Å². The number of pyridine rings is 1. The molecule has 1 saturated heterocycles. The molecule has 1 amide bonds. The lowest BCUT2D eigenvalue weighted by atomic mass is 10.1. The number of nitrogens with one attached hydrogen (secondary N) is 1. The molecule has 0 bridgehead atoms. The van der Waals surface area contributed by atoms with Gasteiger partial charge in [0.2, 0.25) is 15.9 Å². The molecule has 1 N–H and O–H groups in total. The van der Waals surface area contributed by atoms with Gasteiger partial charge in [0.15, 0.2) is 0 Å². The zero-order valence-electron chi connectivity index (χ0n) is 17.4. The van der Waals surface area contributed by atoms with Crippen LogP contribution in [0.2, 0.25) is 5.02 Å². The Labute approximate surface area is 186 Å². The van der Waals surface area contributed by atoms with E-state index in [2.05, 4.69) is 15.4 Å². The number of nitrogens with zero attached hydrogens (tertiary/aromatic N) is 4. The zero-order chi connectivity index (χ0) is 22.2. The van der Waals surface area contributed by atoms with Gasteiger partial charge >= 0.3 is 0 Å². The minimum absolute atomic E-state index is 0.0205. The summed E-state index contributed by atoms with van der Waals surface area (Å²) >= 11 is 5.95. The van der Waals surface area contributed by atoms with Crippen LogP contribution in [0.25, 0.3) is 10.9 Å². The van der Waals surface area contributed by atoms with Gasteiger partial charge in [0.05, 0.1) is 34.5 Å². The Kier molecular flexibility index (Phi) is 6.00. The van der Waals surface area contributed by atoms with Crippen molar-refractivity contribution in [1.29, 1.82) is 0 Å². The lowest BCUT2D eigenvalue weighted by Crippen LogP contribution is -2.48. The smallest absolute Gasteiger partial charge is 0.244 e. The molecule has 0 saturated carbocycles. The fourth-order valence-electron chi connectivity index (χ4n) is 3.92. The van der Waals surface area contributed by atoms with Crippen molar-refractivity contribution in [3.05, 3.63) is 52.9 Å². The Morgan fingerprint density at radius 2 is 2.00 bits per heavy atom. The van der Waals surface area contributed by atoms with Gasteiger partial charge in [0.25, 0.3) is 0 Å². The van der Waals surface area contributed by atoms with Crippen molar-refractivity contribution in [2.24, 2.45) is 7.05 Å². The van der Waals surface area contributed by atoms with Gasteiger partial charge in [-0.25, -0.2) is 8.42 Å². The fourth-order valence-corrected chi connectivity index (χ4v) is 5.64. The second-order valence-electron chi connectivity index (χ2n) is 7.71. The average molecular weight is 462 g/mol. The Bertz CT molecular complexity index is 1220. The summed E-state index contributed by atoms with van der Waals surface area (Å²) in [7, 11) is -2.13. The number of aromatic nitrogens is 3. The number of rotatable bonds is 5. The monoisotopic (exact) mass is 461 g/mol. The quantitative estimate of drug-likeness (QED) is 0.630. The van der Waals surface area contributed by atoms with Crippen molar-refractivity contribution in [3.8, 4) is 0 Å². The minimum atomic E-state index is -3.97. The van der Waals surface area contributed by atoms with Gasteiger partial charge in [0.1, 0.15) is 6.04 Å². The number of hydrogen-bond acceptors (Lipinski definition) is 5. The number of halogens is 1. The van der Waals surface area contributed by atoms with Crippen LogP contribution < -0.4 is 5.32 Å². The molecule has 2 aromatic heterocycles. The average Bonchev–Trinajstić information content (AvgIpc) is 2.88. The van der Waals surface area contributed by atoms with Crippen LogP contribution in [0.15, 0.2) is 41.4 Å². The highest BCUT2D eigenvalue weighted by Crippen LogP contribution is 2.26. The largest absolute Gasteiger partial charge is 0.355 e. The van der Waals surface area contributed by atoms with Gasteiger partial charge < -0.3 is 5.32 Å². The van der Waals surface area contributed by atoms with Crippen LogP contribution in [0.5, 0.6) is 0 Å². The molecule has 1 fully saturated rings. The van der Waals surface area contributed by atoms with Crippen molar-refractivity contribution in [2.75, 3.05) is 6.54 Å². The van der Waals surface area contributed by atoms with Gasteiger partial charge in [-0.15, -0.1) is 0 Å². The highest BCUT2D eigenvalue weighted by Gasteiger charge is 2.37. The molecule has 0 aliphatic carbocycles. The maximum absolute atomic E-state index is 13.6. The van der Waals surface area contributed by atoms with Crippen molar-refractivity contribution in [1.82, 2.24) is 24.4 Å². The van der Waals surface area contributed by atoms with Crippen LogP contribution in [-0.4, -0.2) is 46.0 Å². The lowest BCUT2D eigenvalue weighted by molar-refractivity contribution is -0.124. The van der Waals surface area contributed by atoms with E-state index in [9.17, 15) is 13.2 Å². The standard InChI is InChI=1S/C21H24ClN5O3S/c1-14-18-11-16(24-12-20(18)26(2)25-14)13-27(19-5-3-4-10-23-21(19)28)31(29,30)17-8-6-15(22)7-9-17/h6-9,11-12,19H,3-5,10,13H2,1-2H3,(H,23,28)/t19-/m1/s1. The summed E-state index contributed by atoms with van der Waals surface area (Å²) in [6.07, 6.45) is 3.71. The van der Waals surface area contributed by atoms with Crippen molar-refractivity contribution in [2.45, 2.75) is 43.7 Å². The second-order valence-corrected chi connectivity index (χ2v) is 10.0. The van der Waals surface area contributed by atoms with E-state index in [1.807, 2.05) is 20.0 Å². The molecule has 164 valence electrons. The van der Waals surface area contributed by atoms with E-state index in [4.69, 9.17) is 11.6 Å². The Balaban J connectivity index is 1.77. The number of fused-ring (bicyclic) bond motifs is 1. The van der Waals surface area contributed by atoms with E-state index in [1.165, 1.54) is 28.6 Å². The summed E-state index contributed by atoms with van der Waals surface area (Å²) in [5.41, 5.74) is 2.25. The molecule has 1 aromatic carbocycles. The molecule has 1 aliphatic rings. The highest BCUT2D eigenvalue weighted by molar-refractivity contribution is 7.89. The van der Waals surface area contributed by atoms with E-state index in [-0.39, 0.29) is 17.3 Å². The van der Waals surface area contributed by atoms with Crippen LogP contribution in [0.3, 0.4) is 0 Å². The van der Waals surface area contributed by atoms with Gasteiger partial charge in [-0.2, -0.15) is 9.40 Å². The van der Waals surface area contributed by atoms with E-state index >= 15 is 0 Å². The number of amides is 1. The van der Waals surface area contributed by atoms with E-state index in [0.717, 1.165) is 29.4 Å². The van der Waals surface area contributed by atoms with Crippen molar-refractivity contribution in [3.63, 3.8) is 0 Å². The van der Waals surface area contributed by atoms with Crippen LogP contribution in [0, 0.1) is 6.92 Å². The summed E-state index contributed by atoms with van der Waals surface area (Å²) in [5.74, 6) is -0.284. The van der Waals surface area contributed by atoms with Gasteiger partial charge in [-0.05, 0) is 56.5 Å². The normalized spacial score (nSPS) is 17.7. The molecular formula is C21H24ClN5O3S. The molecule has 0 unspecified atom stereocenters. The molecule has 0 radical (unpaired) electrons. The maximum atomic E-state index is 13.6. The van der Waals surface area contributed by atoms with Crippen LogP contribution in [0.1, 0.15) is 30.7 Å². The Morgan fingerprint density at radius 1 is 1.26 bits per heavy atom. The summed E-state index contributed by atoms with van der Waals surface area (Å²) in [4.78, 5) is 17.3. The van der Waals surface area contributed by atoms with Crippen molar-refractivity contribution >= 4 is 38.4 Å². The first-order valence-electron chi connectivity index (χ1n) is 10.1. The first kappa shape index (κ1) is 21.7. The number of hydrogen-bond donors (Lipinski definition) is 1. The van der Waals surface area contributed by atoms with Crippen LogP contribution >= 0.6 is 11.6 Å². The van der Waals surface area contributed by atoms with Crippen LogP contribution in [-0.2, 0) is 28.4 Å². The molecule has 3 aromatic rings. The fraction of sp³-hybridized carbons (Fsp3) is 0.381. The van der Waals surface area contributed by atoms with Crippen LogP contribution in [0.4, 0.5) is 0 Å². The first-order valence-corrected chi connectivity index (χ1v) is 11.9. The van der Waals surface area contributed by atoms with Gasteiger partial charge in [-0.3, -0.25) is 14.5 Å². The second kappa shape index (κ2) is 8.57. The maximum Gasteiger partial charge on any atom is 0.244 e. The lowest BCUT2D eigenvalue weighted by Gasteiger charge is -2.29. The molecule has 1 atom stereocenters. The van der Waals surface area contributed by atoms with Gasteiger partial charge in [0, 0.05) is 24.0 Å². The molecule has 10 heteroatoms. The van der Waals surface area contributed by atoms with E-state index in [1.54, 1.807) is 10.9 Å². The van der Waals surface area contributed by atoms with E-state index < -0.39 is 16.1 Å². The molecule has 3 heterocycles. The number of benzene rings is 1. The van der Waals surface area contributed by atoms with Crippen molar-refractivity contribution < 1.29 is 13.2 Å². The molecule has 4 rings (SSSR count). The third-order valence-electron chi connectivity index (χ3n) is 5.57. The van der Waals surface area contributed by atoms with Gasteiger partial charge in [-0.1, -0.05) is 11.6 Å². The molecule has 0 spiro atoms. The number of carbonyl (C=O) groups is 1. The zero-order valence-corrected chi connectivity index (χ0v) is 18.9. The summed E-state index contributed by atoms with van der Waals surface area (Å²) < 4.78 is 30.2. The third-order valence-corrected chi connectivity index (χ3v) is 7.69. The third kappa shape index (κ3) is 4.30. The summed E-state index contributed by atoms with van der Waals surface area (Å²) in [5, 5.41) is 8.58. The first-order chi connectivity index (χ1) is 14.8. The highest BCUT2D eigenvalue weighted by atomic mass is 35.5.